The SMILES string of the molecule is COC(=O)C1=C(NC(C)(C)C)Oc2c(O)cc3ccccc3c2C1C(=O)OC. The molecule has 1 aliphatic rings. The van der Waals surface area contributed by atoms with Gasteiger partial charge in [-0.15, -0.1) is 0 Å². The molecule has 0 saturated carbocycles. The maximum Gasteiger partial charge on any atom is 0.340 e. The number of ether oxygens (including phenoxy) is 3. The van der Waals surface area contributed by atoms with E-state index in [0.717, 1.165) is 0 Å². The molecule has 0 aliphatic carbocycles. The second-order valence-corrected chi connectivity index (χ2v) is 7.53. The van der Waals surface area contributed by atoms with Gasteiger partial charge in [-0.05, 0) is 37.6 Å². The number of aromatic hydroxyl groups is 1. The lowest BCUT2D eigenvalue weighted by molar-refractivity contribution is -0.145. The number of hydrogen-bond donors (Lipinski definition) is 2. The highest BCUT2D eigenvalue weighted by Gasteiger charge is 2.43. The Morgan fingerprint density at radius 1 is 1.14 bits per heavy atom. The van der Waals surface area contributed by atoms with Gasteiger partial charge in [-0.3, -0.25) is 4.79 Å². The number of phenolic OH excluding ortho intramolecular Hbond substituents is 1. The topological polar surface area (TPSA) is 94.1 Å². The van der Waals surface area contributed by atoms with Crippen molar-refractivity contribution in [3.8, 4) is 11.5 Å². The predicted molar refractivity (Wildman–Crippen MR) is 103 cm³/mol. The first-order valence-corrected chi connectivity index (χ1v) is 8.79. The molecule has 7 heteroatoms. The van der Waals surface area contributed by atoms with E-state index in [2.05, 4.69) is 5.32 Å². The van der Waals surface area contributed by atoms with Crippen LogP contribution in [0, 0.1) is 0 Å². The van der Waals surface area contributed by atoms with Crippen molar-refractivity contribution in [3.63, 3.8) is 0 Å². The highest BCUT2D eigenvalue weighted by molar-refractivity contribution is 6.04. The molecule has 1 aliphatic heterocycles. The lowest BCUT2D eigenvalue weighted by Gasteiger charge is -2.33. The molecule has 1 heterocycles. The summed E-state index contributed by atoms with van der Waals surface area (Å²) in [4.78, 5) is 25.5. The summed E-state index contributed by atoms with van der Waals surface area (Å²) in [6.45, 7) is 5.63. The number of phenols is 1. The Hall–Kier alpha value is -3.22. The third-order valence-electron chi connectivity index (χ3n) is 4.38. The van der Waals surface area contributed by atoms with E-state index in [1.165, 1.54) is 14.2 Å². The van der Waals surface area contributed by atoms with Crippen molar-refractivity contribution in [3.05, 3.63) is 47.4 Å². The minimum absolute atomic E-state index is 0.00692. The average Bonchev–Trinajstić information content (AvgIpc) is 2.64. The molecule has 148 valence electrons. The zero-order valence-electron chi connectivity index (χ0n) is 16.5. The summed E-state index contributed by atoms with van der Waals surface area (Å²) in [5, 5.41) is 15.0. The van der Waals surface area contributed by atoms with Crippen LogP contribution in [0.4, 0.5) is 0 Å². The Bertz CT molecular complexity index is 986. The van der Waals surface area contributed by atoms with Gasteiger partial charge < -0.3 is 24.6 Å². The van der Waals surface area contributed by atoms with Gasteiger partial charge in [0.15, 0.2) is 11.5 Å². The van der Waals surface area contributed by atoms with Crippen LogP contribution in [0.15, 0.2) is 41.8 Å². The van der Waals surface area contributed by atoms with Gasteiger partial charge in [-0.25, -0.2) is 4.79 Å². The Morgan fingerprint density at radius 3 is 2.43 bits per heavy atom. The molecule has 2 N–H and O–H groups in total. The Labute approximate surface area is 162 Å². The standard InChI is InChI=1S/C21H23NO6/c1-21(2,3)22-18-16(20(25)27-5)15(19(24)26-4)14-12-9-7-6-8-11(12)10-13(23)17(14)28-18/h6-10,15,22-23H,1-5H3. The van der Waals surface area contributed by atoms with Crippen molar-refractivity contribution in [2.75, 3.05) is 14.2 Å². The smallest absolute Gasteiger partial charge is 0.340 e. The number of fused-ring (bicyclic) bond motifs is 3. The van der Waals surface area contributed by atoms with E-state index in [4.69, 9.17) is 14.2 Å². The molecule has 0 amide bonds. The van der Waals surface area contributed by atoms with E-state index >= 15 is 0 Å². The molecular weight excluding hydrogens is 362 g/mol. The van der Waals surface area contributed by atoms with Crippen molar-refractivity contribution in [1.82, 2.24) is 5.32 Å². The first kappa shape index (κ1) is 19.5. The molecule has 3 rings (SSSR count). The van der Waals surface area contributed by atoms with E-state index in [9.17, 15) is 14.7 Å². The summed E-state index contributed by atoms with van der Waals surface area (Å²) in [6, 6.07) is 8.77. The van der Waals surface area contributed by atoms with Crippen LogP contribution in [0.25, 0.3) is 10.8 Å². The van der Waals surface area contributed by atoms with Crippen LogP contribution < -0.4 is 10.1 Å². The van der Waals surface area contributed by atoms with E-state index in [1.807, 2.05) is 26.8 Å². The lowest BCUT2D eigenvalue weighted by Crippen LogP contribution is -2.41. The van der Waals surface area contributed by atoms with Gasteiger partial charge in [-0.2, -0.15) is 0 Å². The Balaban J connectivity index is 2.37. The highest BCUT2D eigenvalue weighted by atomic mass is 16.5. The number of nitrogens with one attached hydrogen (secondary N) is 1. The van der Waals surface area contributed by atoms with Crippen LogP contribution in [0.2, 0.25) is 0 Å². The highest BCUT2D eigenvalue weighted by Crippen LogP contribution is 2.48. The molecule has 2 aromatic rings. The van der Waals surface area contributed by atoms with Gasteiger partial charge in [0.25, 0.3) is 0 Å². The molecule has 7 nitrogen and oxygen atoms in total. The number of esters is 2. The molecule has 0 saturated heterocycles. The van der Waals surface area contributed by atoms with Crippen LogP contribution in [0.1, 0.15) is 32.3 Å². The number of carbonyl (C=O) groups excluding carboxylic acids is 2. The fraction of sp³-hybridized carbons (Fsp3) is 0.333. The fourth-order valence-electron chi connectivity index (χ4n) is 3.28. The second kappa shape index (κ2) is 7.07. The second-order valence-electron chi connectivity index (χ2n) is 7.53. The van der Waals surface area contributed by atoms with E-state index in [0.29, 0.717) is 16.3 Å². The number of benzene rings is 2. The quantitative estimate of drug-likeness (QED) is 0.785. The Morgan fingerprint density at radius 2 is 1.82 bits per heavy atom. The van der Waals surface area contributed by atoms with Crippen LogP contribution in [-0.2, 0) is 19.1 Å². The molecule has 1 unspecified atom stereocenters. The summed E-state index contributed by atoms with van der Waals surface area (Å²) >= 11 is 0. The van der Waals surface area contributed by atoms with Crippen molar-refractivity contribution < 1.29 is 28.9 Å². The predicted octanol–water partition coefficient (Wildman–Crippen LogP) is 2.97. The van der Waals surface area contributed by atoms with E-state index in [-0.39, 0.29) is 23.0 Å². The molecule has 2 aromatic carbocycles. The number of rotatable bonds is 3. The van der Waals surface area contributed by atoms with Gasteiger partial charge in [0, 0.05) is 11.1 Å². The maximum absolute atomic E-state index is 12.8. The minimum Gasteiger partial charge on any atom is -0.504 e. The summed E-state index contributed by atoms with van der Waals surface area (Å²) < 4.78 is 15.8. The molecule has 0 radical (unpaired) electrons. The van der Waals surface area contributed by atoms with Crippen LogP contribution >= 0.6 is 0 Å². The van der Waals surface area contributed by atoms with Gasteiger partial charge in [0.2, 0.25) is 5.88 Å². The summed E-state index contributed by atoms with van der Waals surface area (Å²) in [7, 11) is 2.47. The summed E-state index contributed by atoms with van der Waals surface area (Å²) in [5.74, 6) is -2.49. The third-order valence-corrected chi connectivity index (χ3v) is 4.38. The minimum atomic E-state index is -1.12. The van der Waals surface area contributed by atoms with Crippen LogP contribution in [-0.4, -0.2) is 36.8 Å². The van der Waals surface area contributed by atoms with Crippen LogP contribution in [0.3, 0.4) is 0 Å². The summed E-state index contributed by atoms with van der Waals surface area (Å²) in [6.07, 6.45) is 0. The van der Waals surface area contributed by atoms with Crippen LogP contribution in [0.5, 0.6) is 11.5 Å². The Kier molecular flexibility index (Phi) is 4.93. The van der Waals surface area contributed by atoms with Crippen molar-refractivity contribution in [2.24, 2.45) is 0 Å². The summed E-state index contributed by atoms with van der Waals surface area (Å²) in [5.41, 5.74) is -0.131. The normalized spacial score (nSPS) is 16.2. The van der Waals surface area contributed by atoms with Gasteiger partial charge in [-0.1, -0.05) is 24.3 Å². The van der Waals surface area contributed by atoms with E-state index in [1.54, 1.807) is 24.3 Å². The van der Waals surface area contributed by atoms with E-state index < -0.39 is 23.4 Å². The molecule has 0 fully saturated rings. The van der Waals surface area contributed by atoms with Crippen molar-refractivity contribution >= 4 is 22.7 Å². The number of hydrogen-bond acceptors (Lipinski definition) is 7. The average molecular weight is 385 g/mol. The van der Waals surface area contributed by atoms with Gasteiger partial charge in [0.05, 0.1) is 14.2 Å². The molecule has 28 heavy (non-hydrogen) atoms. The van der Waals surface area contributed by atoms with Gasteiger partial charge in [0.1, 0.15) is 11.5 Å². The molecule has 0 spiro atoms. The number of methoxy groups -OCH3 is 2. The van der Waals surface area contributed by atoms with Crippen molar-refractivity contribution in [2.45, 2.75) is 32.2 Å². The number of carbonyl (C=O) groups is 2. The third kappa shape index (κ3) is 3.35. The lowest BCUT2D eigenvalue weighted by atomic mass is 9.84. The van der Waals surface area contributed by atoms with Crippen molar-refractivity contribution in [1.29, 1.82) is 0 Å². The molecule has 1 atom stereocenters. The molecular formula is C21H23NO6. The fourth-order valence-corrected chi connectivity index (χ4v) is 3.28. The largest absolute Gasteiger partial charge is 0.504 e. The first-order valence-electron chi connectivity index (χ1n) is 8.79. The maximum atomic E-state index is 12.8. The van der Waals surface area contributed by atoms with Gasteiger partial charge >= 0.3 is 11.9 Å². The molecule has 0 aromatic heterocycles. The monoisotopic (exact) mass is 385 g/mol. The zero-order chi connectivity index (χ0) is 20.6. The first-order chi connectivity index (χ1) is 13.2. The molecule has 0 bridgehead atoms. The zero-order valence-corrected chi connectivity index (χ0v) is 16.5.